The van der Waals surface area contributed by atoms with Crippen LogP contribution in [0.4, 0.5) is 5.69 Å². The molecule has 0 saturated heterocycles. The lowest BCUT2D eigenvalue weighted by molar-refractivity contribution is 0.491. The molecule has 86 valence electrons. The van der Waals surface area contributed by atoms with Crippen molar-refractivity contribution < 1.29 is 12.6 Å². The molecular formula is C10H17NO3S. The van der Waals surface area contributed by atoms with Crippen LogP contribution in [0.3, 0.4) is 0 Å². The molecule has 1 rings (SSSR count). The summed E-state index contributed by atoms with van der Waals surface area (Å²) in [6, 6.07) is 4.78. The lowest BCUT2D eigenvalue weighted by Gasteiger charge is -2.06. The van der Waals surface area contributed by atoms with Gasteiger partial charge in [0, 0.05) is 5.69 Å². The quantitative estimate of drug-likeness (QED) is 0.624. The van der Waals surface area contributed by atoms with Crippen LogP contribution in [-0.2, 0) is 10.1 Å². The number of hydrogen-bond acceptors (Lipinski definition) is 4. The lowest BCUT2D eigenvalue weighted by atomic mass is 10.2. The van der Waals surface area contributed by atoms with Gasteiger partial charge in [0.25, 0.3) is 0 Å². The van der Waals surface area contributed by atoms with Gasteiger partial charge in [0.1, 0.15) is 5.75 Å². The predicted octanol–water partition coefficient (Wildman–Crippen LogP) is 1.94. The second kappa shape index (κ2) is 5.60. The van der Waals surface area contributed by atoms with Crippen LogP contribution in [0.1, 0.15) is 19.4 Å². The van der Waals surface area contributed by atoms with E-state index in [0.717, 1.165) is 6.26 Å². The Morgan fingerprint density at radius 3 is 2.20 bits per heavy atom. The fraction of sp³-hybridized carbons (Fsp3) is 0.400. The van der Waals surface area contributed by atoms with Crippen molar-refractivity contribution >= 4 is 15.8 Å². The van der Waals surface area contributed by atoms with Gasteiger partial charge in [0.2, 0.25) is 0 Å². The van der Waals surface area contributed by atoms with Crippen molar-refractivity contribution in [1.82, 2.24) is 0 Å². The largest absolute Gasteiger partial charge is 0.399 e. The first kappa shape index (κ1) is 13.8. The minimum absolute atomic E-state index is 0.316. The van der Waals surface area contributed by atoms with Crippen LogP contribution in [0.5, 0.6) is 5.75 Å². The average molecular weight is 231 g/mol. The molecule has 1 aromatic carbocycles. The van der Waals surface area contributed by atoms with E-state index in [1.807, 2.05) is 13.8 Å². The summed E-state index contributed by atoms with van der Waals surface area (Å²) in [4.78, 5) is 0. The van der Waals surface area contributed by atoms with E-state index >= 15 is 0 Å². The zero-order valence-electron chi connectivity index (χ0n) is 9.44. The first-order chi connectivity index (χ1) is 6.88. The zero-order chi connectivity index (χ0) is 12.1. The Hall–Kier alpha value is -1.23. The van der Waals surface area contributed by atoms with Gasteiger partial charge < -0.3 is 9.92 Å². The van der Waals surface area contributed by atoms with Gasteiger partial charge >= 0.3 is 10.1 Å². The summed E-state index contributed by atoms with van der Waals surface area (Å²) >= 11 is 0. The third-order valence-electron chi connectivity index (χ3n) is 1.44. The van der Waals surface area contributed by atoms with Crippen LogP contribution in [0.25, 0.3) is 0 Å². The number of hydrogen-bond donors (Lipinski definition) is 1. The Morgan fingerprint density at radius 1 is 1.27 bits per heavy atom. The number of anilines is 1. The SMILES string of the molecule is CC.Cc1cc(N)ccc1OS(C)(=O)=O. The molecule has 0 aromatic heterocycles. The molecule has 0 bridgehead atoms. The molecule has 0 aliphatic heterocycles. The highest BCUT2D eigenvalue weighted by molar-refractivity contribution is 7.86. The van der Waals surface area contributed by atoms with E-state index in [2.05, 4.69) is 0 Å². The number of aryl methyl sites for hydroxylation is 1. The van der Waals surface area contributed by atoms with Crippen molar-refractivity contribution in [3.8, 4) is 5.75 Å². The van der Waals surface area contributed by atoms with Gasteiger partial charge in [-0.15, -0.1) is 0 Å². The molecule has 15 heavy (non-hydrogen) atoms. The predicted molar refractivity (Wildman–Crippen MR) is 62.4 cm³/mol. The first-order valence-electron chi connectivity index (χ1n) is 4.64. The van der Waals surface area contributed by atoms with Crippen molar-refractivity contribution in [2.75, 3.05) is 12.0 Å². The van der Waals surface area contributed by atoms with Crippen molar-refractivity contribution in [2.45, 2.75) is 20.8 Å². The third kappa shape index (κ3) is 5.27. The van der Waals surface area contributed by atoms with E-state index in [1.165, 1.54) is 6.07 Å². The van der Waals surface area contributed by atoms with Crippen molar-refractivity contribution in [2.24, 2.45) is 0 Å². The Balaban J connectivity index is 0.000000921. The number of nitrogens with two attached hydrogens (primary N) is 1. The van der Waals surface area contributed by atoms with Crippen LogP contribution in [0.2, 0.25) is 0 Å². The minimum atomic E-state index is -3.45. The molecule has 0 aliphatic rings. The summed E-state index contributed by atoms with van der Waals surface area (Å²) in [6.07, 6.45) is 1.00. The highest BCUT2D eigenvalue weighted by Crippen LogP contribution is 2.21. The third-order valence-corrected chi connectivity index (χ3v) is 1.92. The lowest BCUT2D eigenvalue weighted by Crippen LogP contribution is -2.06. The Labute approximate surface area is 91.2 Å². The summed E-state index contributed by atoms with van der Waals surface area (Å²) in [5.74, 6) is 0.316. The van der Waals surface area contributed by atoms with Gasteiger partial charge in [-0.2, -0.15) is 8.42 Å². The standard InChI is InChI=1S/C8H11NO3S.C2H6/c1-6-5-7(9)3-4-8(6)12-13(2,10)11;1-2/h3-5H,9H2,1-2H3;1-2H3. The summed E-state index contributed by atoms with van der Waals surface area (Å²) < 4.78 is 26.3. The van der Waals surface area contributed by atoms with Gasteiger partial charge in [-0.3, -0.25) is 0 Å². The Bertz CT molecular complexity index is 413. The van der Waals surface area contributed by atoms with Crippen LogP contribution >= 0.6 is 0 Å². The molecule has 0 saturated carbocycles. The highest BCUT2D eigenvalue weighted by atomic mass is 32.2. The van der Waals surface area contributed by atoms with Crippen molar-refractivity contribution in [1.29, 1.82) is 0 Å². The van der Waals surface area contributed by atoms with E-state index in [-0.39, 0.29) is 0 Å². The number of nitrogen functional groups attached to an aromatic ring is 1. The fourth-order valence-corrected chi connectivity index (χ4v) is 1.44. The molecule has 1 aromatic rings. The van der Waals surface area contributed by atoms with Crippen LogP contribution in [-0.4, -0.2) is 14.7 Å². The molecule has 0 heterocycles. The molecule has 0 spiro atoms. The van der Waals surface area contributed by atoms with Gasteiger partial charge in [-0.05, 0) is 30.7 Å². The van der Waals surface area contributed by atoms with Crippen molar-refractivity contribution in [3.63, 3.8) is 0 Å². The molecule has 0 unspecified atom stereocenters. The monoisotopic (exact) mass is 231 g/mol. The summed E-state index contributed by atoms with van der Waals surface area (Å²) in [6.45, 7) is 5.73. The van der Waals surface area contributed by atoms with Crippen LogP contribution < -0.4 is 9.92 Å². The number of benzene rings is 1. The van der Waals surface area contributed by atoms with E-state index < -0.39 is 10.1 Å². The van der Waals surface area contributed by atoms with Gasteiger partial charge in [0.05, 0.1) is 6.26 Å². The van der Waals surface area contributed by atoms with Crippen molar-refractivity contribution in [3.05, 3.63) is 23.8 Å². The molecule has 2 N–H and O–H groups in total. The summed E-state index contributed by atoms with van der Waals surface area (Å²) in [5, 5.41) is 0. The summed E-state index contributed by atoms with van der Waals surface area (Å²) in [7, 11) is -3.45. The normalized spacial score (nSPS) is 10.1. The average Bonchev–Trinajstić information content (AvgIpc) is 2.12. The Kier molecular flexibility index (Phi) is 5.14. The molecule has 0 amide bonds. The maximum Gasteiger partial charge on any atom is 0.306 e. The van der Waals surface area contributed by atoms with E-state index in [0.29, 0.717) is 17.0 Å². The molecule has 4 nitrogen and oxygen atoms in total. The van der Waals surface area contributed by atoms with E-state index in [1.54, 1.807) is 19.1 Å². The van der Waals surface area contributed by atoms with E-state index in [4.69, 9.17) is 9.92 Å². The molecule has 5 heteroatoms. The molecule has 0 atom stereocenters. The minimum Gasteiger partial charge on any atom is -0.399 e. The fourth-order valence-electron chi connectivity index (χ4n) is 0.929. The van der Waals surface area contributed by atoms with Crippen LogP contribution in [0.15, 0.2) is 18.2 Å². The summed E-state index contributed by atoms with van der Waals surface area (Å²) in [5.41, 5.74) is 6.77. The van der Waals surface area contributed by atoms with Crippen LogP contribution in [0, 0.1) is 6.92 Å². The zero-order valence-corrected chi connectivity index (χ0v) is 10.3. The molecule has 0 fully saturated rings. The maximum atomic E-state index is 10.8. The number of rotatable bonds is 2. The second-order valence-electron chi connectivity index (χ2n) is 2.81. The molecular weight excluding hydrogens is 214 g/mol. The topological polar surface area (TPSA) is 69.4 Å². The van der Waals surface area contributed by atoms with Gasteiger partial charge in [-0.1, -0.05) is 13.8 Å². The second-order valence-corrected chi connectivity index (χ2v) is 4.39. The van der Waals surface area contributed by atoms with Gasteiger partial charge in [0.15, 0.2) is 0 Å². The molecule has 0 aliphatic carbocycles. The molecule has 0 radical (unpaired) electrons. The van der Waals surface area contributed by atoms with Gasteiger partial charge in [-0.25, -0.2) is 0 Å². The first-order valence-corrected chi connectivity index (χ1v) is 6.46. The Morgan fingerprint density at radius 2 is 1.80 bits per heavy atom. The highest BCUT2D eigenvalue weighted by Gasteiger charge is 2.06. The maximum absolute atomic E-state index is 10.8. The smallest absolute Gasteiger partial charge is 0.306 e. The van der Waals surface area contributed by atoms with E-state index in [9.17, 15) is 8.42 Å².